The summed E-state index contributed by atoms with van der Waals surface area (Å²) < 4.78 is 0. The number of hydrogen-bond donors (Lipinski definition) is 0. The minimum absolute atomic E-state index is 0.113. The maximum Gasteiger partial charge on any atom is 0.0502 e. The van der Waals surface area contributed by atoms with Crippen LogP contribution in [0.2, 0.25) is 0 Å². The van der Waals surface area contributed by atoms with Gasteiger partial charge in [-0.1, -0.05) is 112 Å². The predicted octanol–water partition coefficient (Wildman–Crippen LogP) is 9.76. The molecule has 0 spiro atoms. The number of para-hydroxylation sites is 2. The van der Waals surface area contributed by atoms with Crippen molar-refractivity contribution in [1.82, 2.24) is 0 Å². The van der Waals surface area contributed by atoms with Crippen LogP contribution in [0.25, 0.3) is 11.1 Å². The molecule has 5 aromatic rings. The molecule has 38 heavy (non-hydrogen) atoms. The second-order valence-corrected chi connectivity index (χ2v) is 10.8. The summed E-state index contributed by atoms with van der Waals surface area (Å²) >= 11 is 0. The van der Waals surface area contributed by atoms with Crippen molar-refractivity contribution in [2.75, 3.05) is 16.8 Å². The first kappa shape index (κ1) is 25.4. The Balaban J connectivity index is 1.57. The van der Waals surface area contributed by atoms with Gasteiger partial charge < -0.3 is 9.80 Å². The zero-order valence-electron chi connectivity index (χ0n) is 22.8. The quantitative estimate of drug-likeness (QED) is 0.221. The average molecular weight is 497 g/mol. The Kier molecular flexibility index (Phi) is 7.33. The van der Waals surface area contributed by atoms with Crippen LogP contribution in [0.5, 0.6) is 0 Å². The number of nitrogens with zero attached hydrogens (tertiary/aromatic N) is 2. The lowest BCUT2D eigenvalue weighted by Gasteiger charge is -2.30. The van der Waals surface area contributed by atoms with E-state index in [1.54, 1.807) is 0 Å². The summed E-state index contributed by atoms with van der Waals surface area (Å²) in [6.07, 6.45) is 0. The van der Waals surface area contributed by atoms with E-state index < -0.39 is 0 Å². The van der Waals surface area contributed by atoms with E-state index in [0.717, 1.165) is 6.54 Å². The Morgan fingerprint density at radius 3 is 1.79 bits per heavy atom. The van der Waals surface area contributed by atoms with Crippen LogP contribution in [-0.2, 0) is 12.0 Å². The molecule has 0 saturated heterocycles. The van der Waals surface area contributed by atoms with Crippen molar-refractivity contribution in [1.29, 1.82) is 0 Å². The Labute approximate surface area is 227 Å². The fourth-order valence-corrected chi connectivity index (χ4v) is 4.89. The Hall–Kier alpha value is -4.30. The van der Waals surface area contributed by atoms with Crippen molar-refractivity contribution in [3.8, 4) is 11.1 Å². The summed E-state index contributed by atoms with van der Waals surface area (Å²) in [5.74, 6) is 0. The SMILES string of the molecule is CN(c1ccccc1)c1ccccc1CN(c1ccc(C(C)(C)C)cc1)c1cccc(-c2ccccc2)c1. The molecule has 190 valence electrons. The Bertz CT molecular complexity index is 1470. The molecule has 0 atom stereocenters. The van der Waals surface area contributed by atoms with E-state index in [2.05, 4.69) is 171 Å². The number of benzene rings is 5. The highest BCUT2D eigenvalue weighted by Crippen LogP contribution is 2.35. The summed E-state index contributed by atoms with van der Waals surface area (Å²) in [6, 6.07) is 47.8. The second kappa shape index (κ2) is 11.0. The minimum atomic E-state index is 0.113. The molecular weight excluding hydrogens is 460 g/mol. The second-order valence-electron chi connectivity index (χ2n) is 10.8. The monoisotopic (exact) mass is 496 g/mol. The zero-order chi connectivity index (χ0) is 26.5. The Morgan fingerprint density at radius 2 is 1.11 bits per heavy atom. The molecule has 0 fully saturated rings. The fourth-order valence-electron chi connectivity index (χ4n) is 4.89. The zero-order valence-corrected chi connectivity index (χ0v) is 22.8. The van der Waals surface area contributed by atoms with Gasteiger partial charge in [0.25, 0.3) is 0 Å². The van der Waals surface area contributed by atoms with Gasteiger partial charge in [-0.3, -0.25) is 0 Å². The maximum atomic E-state index is 2.43. The van der Waals surface area contributed by atoms with Gasteiger partial charge in [0.2, 0.25) is 0 Å². The van der Waals surface area contributed by atoms with Crippen LogP contribution < -0.4 is 9.80 Å². The molecule has 0 saturated carbocycles. The Morgan fingerprint density at radius 1 is 0.526 bits per heavy atom. The van der Waals surface area contributed by atoms with Crippen LogP contribution in [0.15, 0.2) is 133 Å². The lowest BCUT2D eigenvalue weighted by Crippen LogP contribution is -2.20. The molecule has 0 unspecified atom stereocenters. The molecule has 0 aromatic heterocycles. The van der Waals surface area contributed by atoms with E-state index in [1.807, 2.05) is 0 Å². The van der Waals surface area contributed by atoms with Crippen LogP contribution in [0.4, 0.5) is 22.7 Å². The first-order valence-corrected chi connectivity index (χ1v) is 13.3. The first-order chi connectivity index (χ1) is 18.4. The van der Waals surface area contributed by atoms with E-state index in [-0.39, 0.29) is 5.41 Å². The van der Waals surface area contributed by atoms with Gasteiger partial charge >= 0.3 is 0 Å². The van der Waals surface area contributed by atoms with Gasteiger partial charge in [-0.15, -0.1) is 0 Å². The third kappa shape index (κ3) is 5.65. The highest BCUT2D eigenvalue weighted by Gasteiger charge is 2.18. The third-order valence-electron chi connectivity index (χ3n) is 7.13. The molecule has 0 radical (unpaired) electrons. The molecule has 0 aliphatic carbocycles. The van der Waals surface area contributed by atoms with Crippen molar-refractivity contribution in [3.05, 3.63) is 145 Å². The first-order valence-electron chi connectivity index (χ1n) is 13.3. The smallest absolute Gasteiger partial charge is 0.0502 e. The summed E-state index contributed by atoms with van der Waals surface area (Å²) in [5, 5.41) is 0. The van der Waals surface area contributed by atoms with Crippen molar-refractivity contribution < 1.29 is 0 Å². The minimum Gasteiger partial charge on any atom is -0.344 e. The lowest BCUT2D eigenvalue weighted by atomic mass is 9.87. The molecule has 5 aromatic carbocycles. The molecular formula is C36H36N2. The molecule has 5 rings (SSSR count). The molecule has 0 aliphatic rings. The van der Waals surface area contributed by atoms with E-state index in [0.29, 0.717) is 0 Å². The molecule has 0 heterocycles. The van der Waals surface area contributed by atoms with E-state index in [9.17, 15) is 0 Å². The third-order valence-corrected chi connectivity index (χ3v) is 7.13. The number of rotatable bonds is 7. The predicted molar refractivity (Wildman–Crippen MR) is 164 cm³/mol. The van der Waals surface area contributed by atoms with Crippen LogP contribution >= 0.6 is 0 Å². The summed E-state index contributed by atoms with van der Waals surface area (Å²) in [4.78, 5) is 4.70. The van der Waals surface area contributed by atoms with Crippen LogP contribution in [0, 0.1) is 0 Å². The topological polar surface area (TPSA) is 6.48 Å². The number of hydrogen-bond acceptors (Lipinski definition) is 2. The lowest BCUT2D eigenvalue weighted by molar-refractivity contribution is 0.590. The number of anilines is 4. The van der Waals surface area contributed by atoms with Gasteiger partial charge in [0.05, 0.1) is 6.54 Å². The fraction of sp³-hybridized carbons (Fsp3) is 0.167. The average Bonchev–Trinajstić information content (AvgIpc) is 2.96. The van der Waals surface area contributed by atoms with Gasteiger partial charge in [0.1, 0.15) is 0 Å². The summed E-state index contributed by atoms with van der Waals surface area (Å²) in [7, 11) is 2.15. The van der Waals surface area contributed by atoms with Crippen molar-refractivity contribution in [2.24, 2.45) is 0 Å². The van der Waals surface area contributed by atoms with Crippen molar-refractivity contribution in [2.45, 2.75) is 32.7 Å². The van der Waals surface area contributed by atoms with Gasteiger partial charge in [0.15, 0.2) is 0 Å². The van der Waals surface area contributed by atoms with Crippen molar-refractivity contribution in [3.63, 3.8) is 0 Å². The van der Waals surface area contributed by atoms with Gasteiger partial charge in [0, 0.05) is 29.8 Å². The van der Waals surface area contributed by atoms with Gasteiger partial charge in [-0.25, -0.2) is 0 Å². The van der Waals surface area contributed by atoms with Gasteiger partial charge in [-0.05, 0) is 70.1 Å². The van der Waals surface area contributed by atoms with E-state index in [1.165, 1.54) is 45.0 Å². The molecule has 0 aliphatic heterocycles. The molecule has 2 nitrogen and oxygen atoms in total. The summed E-state index contributed by atoms with van der Waals surface area (Å²) in [5.41, 5.74) is 9.89. The molecule has 0 bridgehead atoms. The largest absolute Gasteiger partial charge is 0.344 e. The molecule has 0 amide bonds. The van der Waals surface area contributed by atoms with Crippen LogP contribution in [-0.4, -0.2) is 7.05 Å². The standard InChI is InChI=1S/C36H36N2/c1-36(2,3)31-22-24-33(25-23-31)38(34-20-13-17-29(26-34)28-14-7-5-8-15-28)27-30-16-11-12-21-35(30)37(4)32-18-9-6-10-19-32/h5-26H,27H2,1-4H3. The van der Waals surface area contributed by atoms with Crippen LogP contribution in [0.1, 0.15) is 31.9 Å². The van der Waals surface area contributed by atoms with Gasteiger partial charge in [-0.2, -0.15) is 0 Å². The molecule has 0 N–H and O–H groups in total. The molecule has 2 heteroatoms. The summed E-state index contributed by atoms with van der Waals surface area (Å²) in [6.45, 7) is 7.54. The van der Waals surface area contributed by atoms with E-state index >= 15 is 0 Å². The van der Waals surface area contributed by atoms with Crippen molar-refractivity contribution >= 4 is 22.7 Å². The maximum absolute atomic E-state index is 2.43. The van der Waals surface area contributed by atoms with Crippen LogP contribution in [0.3, 0.4) is 0 Å². The highest BCUT2D eigenvalue weighted by atomic mass is 15.2. The van der Waals surface area contributed by atoms with E-state index in [4.69, 9.17) is 0 Å². The highest BCUT2D eigenvalue weighted by molar-refractivity contribution is 5.74. The normalized spacial score (nSPS) is 11.3.